The third kappa shape index (κ3) is 1.91. The number of hydrogen-bond donors (Lipinski definition) is 1. The quantitative estimate of drug-likeness (QED) is 0.723. The Morgan fingerprint density at radius 1 is 1.38 bits per heavy atom. The minimum atomic E-state index is -4.48. The van der Waals surface area contributed by atoms with Crippen LogP contribution in [0.1, 0.15) is 16.1 Å². The zero-order chi connectivity index (χ0) is 15.5. The highest BCUT2D eigenvalue weighted by molar-refractivity contribution is 9.10. The number of carboxylic acid groups (broad SMARTS) is 1. The first-order chi connectivity index (χ1) is 9.71. The highest BCUT2D eigenvalue weighted by atomic mass is 79.9. The first-order valence-corrected chi connectivity index (χ1v) is 6.48. The van der Waals surface area contributed by atoms with E-state index in [9.17, 15) is 18.0 Å². The molecule has 1 aromatic carbocycles. The molecule has 0 saturated carbocycles. The minimum absolute atomic E-state index is 0.0863. The van der Waals surface area contributed by atoms with Crippen LogP contribution in [-0.2, 0) is 13.2 Å². The number of aromatic nitrogens is 3. The SMILES string of the molecule is Cn1c(C(=O)O)c(Br)n2c3cc(C(F)(F)F)ccc3nc12. The van der Waals surface area contributed by atoms with Crippen molar-refractivity contribution in [3.05, 3.63) is 34.1 Å². The van der Waals surface area contributed by atoms with Crippen LogP contribution in [0.3, 0.4) is 0 Å². The van der Waals surface area contributed by atoms with Gasteiger partial charge in [0.05, 0.1) is 16.6 Å². The van der Waals surface area contributed by atoms with Gasteiger partial charge in [0.1, 0.15) is 4.60 Å². The molecule has 5 nitrogen and oxygen atoms in total. The number of hydrogen-bond acceptors (Lipinski definition) is 2. The van der Waals surface area contributed by atoms with E-state index in [4.69, 9.17) is 5.11 Å². The third-order valence-corrected chi connectivity index (χ3v) is 3.92. The number of rotatable bonds is 1. The summed E-state index contributed by atoms with van der Waals surface area (Å²) in [6, 6.07) is 3.16. The smallest absolute Gasteiger partial charge is 0.416 e. The number of carboxylic acids is 1. The summed E-state index contributed by atoms with van der Waals surface area (Å²) in [6.07, 6.45) is -4.48. The molecule has 0 radical (unpaired) electrons. The Labute approximate surface area is 123 Å². The van der Waals surface area contributed by atoms with Crippen LogP contribution in [0.15, 0.2) is 22.8 Å². The van der Waals surface area contributed by atoms with E-state index in [0.29, 0.717) is 5.52 Å². The first kappa shape index (κ1) is 13.9. The molecule has 0 aliphatic rings. The van der Waals surface area contributed by atoms with E-state index in [2.05, 4.69) is 20.9 Å². The molecular weight excluding hydrogens is 355 g/mol. The lowest BCUT2D eigenvalue weighted by Crippen LogP contribution is -2.05. The van der Waals surface area contributed by atoms with Crippen LogP contribution in [0.4, 0.5) is 13.2 Å². The molecule has 0 saturated heterocycles. The molecule has 2 heterocycles. The fourth-order valence-electron chi connectivity index (χ4n) is 2.23. The van der Waals surface area contributed by atoms with Crippen LogP contribution < -0.4 is 0 Å². The maximum absolute atomic E-state index is 12.8. The number of aromatic carboxylic acids is 1. The Kier molecular flexibility index (Phi) is 2.81. The van der Waals surface area contributed by atoms with Crippen LogP contribution in [0, 0.1) is 0 Å². The van der Waals surface area contributed by atoms with Crippen LogP contribution in [0.2, 0.25) is 0 Å². The zero-order valence-corrected chi connectivity index (χ0v) is 12.0. The number of aryl methyl sites for hydroxylation is 1. The number of nitrogens with zero attached hydrogens (tertiary/aromatic N) is 3. The highest BCUT2D eigenvalue weighted by Crippen LogP contribution is 2.33. The van der Waals surface area contributed by atoms with Gasteiger partial charge in [0.2, 0.25) is 5.78 Å². The van der Waals surface area contributed by atoms with Crippen molar-refractivity contribution in [2.24, 2.45) is 7.05 Å². The lowest BCUT2D eigenvalue weighted by Gasteiger charge is -2.06. The number of alkyl halides is 3. The molecule has 0 aliphatic heterocycles. The number of halogens is 4. The van der Waals surface area contributed by atoms with Gasteiger partial charge in [-0.1, -0.05) is 0 Å². The molecule has 21 heavy (non-hydrogen) atoms. The predicted molar refractivity (Wildman–Crippen MR) is 71.3 cm³/mol. The molecule has 3 aromatic rings. The maximum Gasteiger partial charge on any atom is 0.416 e. The van der Waals surface area contributed by atoms with Gasteiger partial charge in [-0.25, -0.2) is 9.78 Å². The Balaban J connectivity index is 2.43. The summed E-state index contributed by atoms with van der Waals surface area (Å²) in [4.78, 5) is 15.4. The van der Waals surface area contributed by atoms with E-state index < -0.39 is 17.7 Å². The fourth-order valence-corrected chi connectivity index (χ4v) is 3.02. The Bertz CT molecular complexity index is 895. The van der Waals surface area contributed by atoms with Crippen molar-refractivity contribution in [3.8, 4) is 0 Å². The molecule has 0 amide bonds. The van der Waals surface area contributed by atoms with E-state index in [1.807, 2.05) is 0 Å². The highest BCUT2D eigenvalue weighted by Gasteiger charge is 2.31. The van der Waals surface area contributed by atoms with Gasteiger partial charge in [-0.05, 0) is 34.1 Å². The summed E-state index contributed by atoms with van der Waals surface area (Å²) < 4.78 is 41.2. The lowest BCUT2D eigenvalue weighted by molar-refractivity contribution is -0.137. The molecule has 0 atom stereocenters. The van der Waals surface area contributed by atoms with Crippen molar-refractivity contribution >= 4 is 38.7 Å². The van der Waals surface area contributed by atoms with E-state index in [1.54, 1.807) is 0 Å². The van der Waals surface area contributed by atoms with Gasteiger partial charge in [-0.15, -0.1) is 0 Å². The van der Waals surface area contributed by atoms with Crippen LogP contribution >= 0.6 is 15.9 Å². The van der Waals surface area contributed by atoms with E-state index in [1.165, 1.54) is 22.1 Å². The van der Waals surface area contributed by atoms with Crippen molar-refractivity contribution in [3.63, 3.8) is 0 Å². The van der Waals surface area contributed by atoms with Crippen molar-refractivity contribution in [2.45, 2.75) is 6.18 Å². The monoisotopic (exact) mass is 361 g/mol. The zero-order valence-electron chi connectivity index (χ0n) is 10.4. The van der Waals surface area contributed by atoms with Gasteiger partial charge in [-0.3, -0.25) is 4.40 Å². The van der Waals surface area contributed by atoms with Gasteiger partial charge in [0.25, 0.3) is 0 Å². The van der Waals surface area contributed by atoms with Crippen molar-refractivity contribution in [1.29, 1.82) is 0 Å². The molecule has 110 valence electrons. The lowest BCUT2D eigenvalue weighted by atomic mass is 10.2. The van der Waals surface area contributed by atoms with Crippen LogP contribution in [0.25, 0.3) is 16.8 Å². The summed E-state index contributed by atoms with van der Waals surface area (Å²) >= 11 is 3.12. The number of benzene rings is 1. The maximum atomic E-state index is 12.8. The summed E-state index contributed by atoms with van der Waals surface area (Å²) in [6.45, 7) is 0. The topological polar surface area (TPSA) is 59.5 Å². The van der Waals surface area contributed by atoms with Crippen LogP contribution in [-0.4, -0.2) is 25.0 Å². The van der Waals surface area contributed by atoms with Gasteiger partial charge < -0.3 is 9.67 Å². The summed E-state index contributed by atoms with van der Waals surface area (Å²) in [5, 5.41) is 9.15. The number of fused-ring (bicyclic) bond motifs is 3. The Morgan fingerprint density at radius 3 is 2.62 bits per heavy atom. The van der Waals surface area contributed by atoms with E-state index in [0.717, 1.165) is 12.1 Å². The Morgan fingerprint density at radius 2 is 2.05 bits per heavy atom. The summed E-state index contributed by atoms with van der Waals surface area (Å²) in [5.74, 6) is -0.955. The molecule has 2 aromatic heterocycles. The predicted octanol–water partition coefficient (Wildman–Crippen LogP) is 3.31. The van der Waals surface area contributed by atoms with Crippen LogP contribution in [0.5, 0.6) is 0 Å². The van der Waals surface area contributed by atoms with Crippen molar-refractivity contribution in [1.82, 2.24) is 14.0 Å². The number of carbonyl (C=O) groups is 1. The van der Waals surface area contributed by atoms with Crippen molar-refractivity contribution < 1.29 is 23.1 Å². The first-order valence-electron chi connectivity index (χ1n) is 5.68. The molecule has 0 bridgehead atoms. The number of imidazole rings is 2. The van der Waals surface area contributed by atoms with Gasteiger partial charge >= 0.3 is 12.1 Å². The molecule has 0 aliphatic carbocycles. The second kappa shape index (κ2) is 4.23. The van der Waals surface area contributed by atoms with Gasteiger partial charge in [0.15, 0.2) is 5.69 Å². The fraction of sp³-hybridized carbons (Fsp3) is 0.167. The molecule has 0 unspecified atom stereocenters. The molecule has 3 rings (SSSR count). The second-order valence-corrected chi connectivity index (χ2v) is 5.20. The molecule has 1 N–H and O–H groups in total. The van der Waals surface area contributed by atoms with E-state index >= 15 is 0 Å². The largest absolute Gasteiger partial charge is 0.476 e. The van der Waals surface area contributed by atoms with Gasteiger partial charge in [-0.2, -0.15) is 13.2 Å². The molecular formula is C12H7BrF3N3O2. The third-order valence-electron chi connectivity index (χ3n) is 3.19. The van der Waals surface area contributed by atoms with E-state index in [-0.39, 0.29) is 21.6 Å². The molecule has 0 spiro atoms. The minimum Gasteiger partial charge on any atom is -0.476 e. The van der Waals surface area contributed by atoms with Crippen molar-refractivity contribution in [2.75, 3.05) is 0 Å². The van der Waals surface area contributed by atoms with Gasteiger partial charge in [0, 0.05) is 7.05 Å². The summed E-state index contributed by atoms with van der Waals surface area (Å²) in [7, 11) is 1.49. The normalized spacial score (nSPS) is 12.4. The second-order valence-electron chi connectivity index (χ2n) is 4.45. The Hall–Kier alpha value is -2.03. The average Bonchev–Trinajstić information content (AvgIpc) is 2.85. The average molecular weight is 362 g/mol. The summed E-state index contributed by atoms with van der Waals surface area (Å²) in [5.41, 5.74) is -0.359. The molecule has 0 fully saturated rings. The standard InChI is InChI=1S/C12H7BrF3N3O2/c1-18-8(10(20)21)9(13)19-7-4-5(12(14,15)16)2-3-6(7)17-11(18)19/h2-4H,1H3,(H,20,21). The molecule has 9 heteroatoms.